The van der Waals surface area contributed by atoms with Gasteiger partial charge in [0, 0.05) is 80.7 Å². The van der Waals surface area contributed by atoms with E-state index in [1.165, 1.54) is 6.07 Å². The number of piperidine rings is 2. The zero-order valence-electron chi connectivity index (χ0n) is 31.4. The van der Waals surface area contributed by atoms with E-state index in [1.807, 2.05) is 92.4 Å². The predicted molar refractivity (Wildman–Crippen MR) is 219 cm³/mol. The highest BCUT2D eigenvalue weighted by Crippen LogP contribution is 2.29. The lowest BCUT2D eigenvalue weighted by Crippen LogP contribution is -2.54. The van der Waals surface area contributed by atoms with E-state index in [4.69, 9.17) is 34.1 Å². The van der Waals surface area contributed by atoms with E-state index in [2.05, 4.69) is 20.2 Å². The van der Waals surface area contributed by atoms with E-state index in [0.717, 1.165) is 104 Å². The van der Waals surface area contributed by atoms with E-state index in [9.17, 15) is 4.39 Å². The molecule has 292 valence electrons. The molecular formula is C41H49Cl2FN8O3. The summed E-state index contributed by atoms with van der Waals surface area (Å²) in [7, 11) is 3.33. The van der Waals surface area contributed by atoms with E-state index >= 15 is 0 Å². The van der Waals surface area contributed by atoms with Crippen LogP contribution in [0.15, 0.2) is 91.5 Å². The number of rotatable bonds is 13. The Morgan fingerprint density at radius 1 is 0.691 bits per heavy atom. The molecule has 5 aromatic rings. The molecule has 4 heterocycles. The van der Waals surface area contributed by atoms with E-state index in [0.29, 0.717) is 24.3 Å². The van der Waals surface area contributed by atoms with Gasteiger partial charge in [-0.15, -0.1) is 24.8 Å². The number of halogens is 3. The van der Waals surface area contributed by atoms with Gasteiger partial charge in [0.2, 0.25) is 11.9 Å². The van der Waals surface area contributed by atoms with Gasteiger partial charge in [-0.2, -0.15) is 0 Å². The van der Waals surface area contributed by atoms with Crippen LogP contribution in [0.25, 0.3) is 22.3 Å². The lowest BCUT2D eigenvalue weighted by molar-refractivity contribution is 0.0807. The van der Waals surface area contributed by atoms with Gasteiger partial charge in [-0.1, -0.05) is 30.3 Å². The molecule has 2 aliphatic rings. The standard InChI is InChI=1S/C41H47FN8O3.2ClH/c1-4-53-39-23-29(5-14-38(39)42)28-48-19-15-34(16-20-48)50(47-40-43-24-32(25-44-40)30-6-10-36(51-2)11-7-30)35-17-21-49(22-18-35)41-45-26-33(27-46-41)31-8-12-37(52-3)13-9-31;;/h5-14,23-27,34-35H,4,15-22,28H2,1-3H3,(H,43,44,47);2*1H. The molecule has 1 N–H and O–H groups in total. The molecule has 0 atom stereocenters. The first kappa shape index (κ1) is 41.4. The largest absolute Gasteiger partial charge is 0.497 e. The first-order valence-electron chi connectivity index (χ1n) is 18.4. The molecule has 2 aromatic heterocycles. The molecule has 11 nitrogen and oxygen atoms in total. The number of nitrogens with zero attached hydrogens (tertiary/aromatic N) is 7. The molecule has 0 bridgehead atoms. The maximum absolute atomic E-state index is 14.2. The summed E-state index contributed by atoms with van der Waals surface area (Å²) in [4.78, 5) is 23.7. The Kier molecular flexibility index (Phi) is 14.8. The number of benzene rings is 3. The zero-order chi connectivity index (χ0) is 36.6. The summed E-state index contributed by atoms with van der Waals surface area (Å²) in [5.74, 6) is 2.96. The van der Waals surface area contributed by atoms with Crippen LogP contribution >= 0.6 is 24.8 Å². The Morgan fingerprint density at radius 2 is 1.20 bits per heavy atom. The minimum Gasteiger partial charge on any atom is -0.497 e. The van der Waals surface area contributed by atoms with E-state index in [1.54, 1.807) is 14.2 Å². The van der Waals surface area contributed by atoms with Gasteiger partial charge < -0.3 is 19.1 Å². The fourth-order valence-corrected chi connectivity index (χ4v) is 7.20. The van der Waals surface area contributed by atoms with Crippen molar-refractivity contribution in [2.45, 2.75) is 51.2 Å². The number of aromatic nitrogens is 4. The van der Waals surface area contributed by atoms with Crippen LogP contribution < -0.4 is 24.5 Å². The highest BCUT2D eigenvalue weighted by molar-refractivity contribution is 5.85. The molecule has 55 heavy (non-hydrogen) atoms. The second kappa shape index (κ2) is 19.7. The minimum absolute atomic E-state index is 0. The number of nitrogens with one attached hydrogen (secondary N) is 1. The number of hydrogen-bond donors (Lipinski definition) is 1. The Balaban J connectivity index is 0.00000290. The number of methoxy groups -OCH3 is 2. The lowest BCUT2D eigenvalue weighted by Gasteiger charge is -2.45. The Labute approximate surface area is 335 Å². The third-order valence-corrected chi connectivity index (χ3v) is 10.2. The molecule has 2 saturated heterocycles. The average molecular weight is 792 g/mol. The Bertz CT molecular complexity index is 1910. The van der Waals surface area contributed by atoms with Crippen molar-refractivity contribution in [3.8, 4) is 39.5 Å². The molecule has 0 aliphatic carbocycles. The molecule has 0 spiro atoms. The first-order chi connectivity index (χ1) is 26.0. The molecule has 3 aromatic carbocycles. The summed E-state index contributed by atoms with van der Waals surface area (Å²) >= 11 is 0. The van der Waals surface area contributed by atoms with Crippen molar-refractivity contribution >= 4 is 36.7 Å². The molecule has 2 aliphatic heterocycles. The number of anilines is 2. The predicted octanol–water partition coefficient (Wildman–Crippen LogP) is 7.96. The molecule has 0 amide bonds. The van der Waals surface area contributed by atoms with Crippen molar-refractivity contribution in [2.75, 3.05) is 57.3 Å². The summed E-state index contributed by atoms with van der Waals surface area (Å²) in [6, 6.07) is 21.6. The van der Waals surface area contributed by atoms with Crippen molar-refractivity contribution in [1.82, 2.24) is 29.8 Å². The van der Waals surface area contributed by atoms with Crippen LogP contribution in [0.1, 0.15) is 38.2 Å². The van der Waals surface area contributed by atoms with E-state index < -0.39 is 0 Å². The van der Waals surface area contributed by atoms with Gasteiger partial charge in [-0.25, -0.2) is 29.3 Å². The fraction of sp³-hybridized carbons (Fsp3) is 0.366. The lowest BCUT2D eigenvalue weighted by atomic mass is 9.98. The van der Waals surface area contributed by atoms with Gasteiger partial charge in [-0.05, 0) is 85.7 Å². The van der Waals surface area contributed by atoms with Crippen molar-refractivity contribution in [2.24, 2.45) is 0 Å². The molecule has 0 radical (unpaired) electrons. The molecule has 0 saturated carbocycles. The average Bonchev–Trinajstić information content (AvgIpc) is 3.22. The van der Waals surface area contributed by atoms with Gasteiger partial charge >= 0.3 is 0 Å². The number of hydrazine groups is 1. The van der Waals surface area contributed by atoms with Gasteiger partial charge in [-0.3, -0.25) is 10.3 Å². The molecular weight excluding hydrogens is 742 g/mol. The van der Waals surface area contributed by atoms with E-state index in [-0.39, 0.29) is 36.7 Å². The first-order valence-corrected chi connectivity index (χ1v) is 18.4. The maximum Gasteiger partial charge on any atom is 0.237 e. The van der Waals surface area contributed by atoms with Gasteiger partial charge in [0.15, 0.2) is 11.6 Å². The third kappa shape index (κ3) is 10.3. The second-order valence-electron chi connectivity index (χ2n) is 13.5. The molecule has 14 heteroatoms. The third-order valence-electron chi connectivity index (χ3n) is 10.2. The van der Waals surface area contributed by atoms with Crippen LogP contribution in [0.2, 0.25) is 0 Å². The second-order valence-corrected chi connectivity index (χ2v) is 13.5. The summed E-state index contributed by atoms with van der Waals surface area (Å²) < 4.78 is 30.3. The highest BCUT2D eigenvalue weighted by atomic mass is 35.5. The Morgan fingerprint density at radius 3 is 1.71 bits per heavy atom. The van der Waals surface area contributed by atoms with Crippen molar-refractivity contribution in [3.63, 3.8) is 0 Å². The van der Waals surface area contributed by atoms with Gasteiger partial charge in [0.1, 0.15) is 11.5 Å². The van der Waals surface area contributed by atoms with Crippen LogP contribution in [-0.2, 0) is 6.54 Å². The Hall–Kier alpha value is -4.75. The van der Waals surface area contributed by atoms with Crippen LogP contribution in [0.5, 0.6) is 17.2 Å². The number of hydrogen-bond acceptors (Lipinski definition) is 11. The summed E-state index contributed by atoms with van der Waals surface area (Å²) in [5.41, 5.74) is 8.70. The maximum atomic E-state index is 14.2. The van der Waals surface area contributed by atoms with Crippen molar-refractivity contribution < 1.29 is 18.6 Å². The normalized spacial score (nSPS) is 15.2. The van der Waals surface area contributed by atoms with Crippen LogP contribution in [0, 0.1) is 5.82 Å². The molecule has 2 fully saturated rings. The van der Waals surface area contributed by atoms with Gasteiger partial charge in [0.05, 0.1) is 20.8 Å². The summed E-state index contributed by atoms with van der Waals surface area (Å²) in [5, 5.41) is 2.41. The van der Waals surface area contributed by atoms with Crippen LogP contribution in [0.4, 0.5) is 16.3 Å². The van der Waals surface area contributed by atoms with Crippen molar-refractivity contribution in [1.29, 1.82) is 0 Å². The zero-order valence-corrected chi connectivity index (χ0v) is 33.1. The summed E-state index contributed by atoms with van der Waals surface area (Å²) in [6.07, 6.45) is 11.4. The van der Waals surface area contributed by atoms with Crippen LogP contribution in [0.3, 0.4) is 0 Å². The van der Waals surface area contributed by atoms with Crippen molar-refractivity contribution in [3.05, 3.63) is 103 Å². The monoisotopic (exact) mass is 790 g/mol. The smallest absolute Gasteiger partial charge is 0.237 e. The highest BCUT2D eigenvalue weighted by Gasteiger charge is 2.33. The summed E-state index contributed by atoms with van der Waals surface area (Å²) in [6.45, 7) is 6.60. The van der Waals surface area contributed by atoms with Gasteiger partial charge in [0.25, 0.3) is 0 Å². The fourth-order valence-electron chi connectivity index (χ4n) is 7.20. The number of likely N-dealkylation sites (tertiary alicyclic amines) is 1. The molecule has 7 rings (SSSR count). The SMILES string of the molecule is CCOc1cc(CN2CCC(N(Nc3ncc(-c4ccc(OC)cc4)cn3)C3CCN(c4ncc(-c5ccc(OC)cc5)cn4)CC3)CC2)ccc1F.Cl.Cl. The molecule has 0 unspecified atom stereocenters. The quantitative estimate of drug-likeness (QED) is 0.118. The number of ether oxygens (including phenoxy) is 3. The topological polar surface area (TPSA) is 101 Å². The minimum atomic E-state index is -0.321. The van der Waals surface area contributed by atoms with Crippen LogP contribution in [-0.4, -0.2) is 88.9 Å².